The van der Waals surface area contributed by atoms with Gasteiger partial charge < -0.3 is 15.1 Å². The first-order chi connectivity index (χ1) is 17.4. The SMILES string of the molecule is Cc1ccsc1CN(Cc1ccccc1)C(=O)CN(C(=O)Nc1c(Cl)cccc1Cl)C1CCCCC1. The molecule has 1 aliphatic rings. The summed E-state index contributed by atoms with van der Waals surface area (Å²) in [5.74, 6) is -0.0855. The van der Waals surface area contributed by atoms with Crippen LogP contribution in [0.4, 0.5) is 10.5 Å². The number of hydrogen-bond donors (Lipinski definition) is 1. The molecule has 0 spiro atoms. The van der Waals surface area contributed by atoms with Crippen LogP contribution in [0.5, 0.6) is 0 Å². The van der Waals surface area contributed by atoms with E-state index in [1.165, 1.54) is 5.56 Å². The fourth-order valence-electron chi connectivity index (χ4n) is 4.58. The Morgan fingerprint density at radius 1 is 0.944 bits per heavy atom. The van der Waals surface area contributed by atoms with Gasteiger partial charge in [0.2, 0.25) is 5.91 Å². The Balaban J connectivity index is 1.57. The Bertz CT molecular complexity index is 1160. The average Bonchev–Trinajstić information content (AvgIpc) is 3.29. The first-order valence-electron chi connectivity index (χ1n) is 12.3. The first-order valence-corrected chi connectivity index (χ1v) is 13.9. The molecule has 1 aromatic heterocycles. The van der Waals surface area contributed by atoms with Crippen molar-refractivity contribution >= 4 is 52.2 Å². The van der Waals surface area contributed by atoms with Gasteiger partial charge in [-0.1, -0.05) is 78.9 Å². The van der Waals surface area contributed by atoms with Gasteiger partial charge in [0.1, 0.15) is 6.54 Å². The zero-order chi connectivity index (χ0) is 25.5. The number of halogens is 2. The van der Waals surface area contributed by atoms with Crippen LogP contribution in [0.3, 0.4) is 0 Å². The lowest BCUT2D eigenvalue weighted by molar-refractivity contribution is -0.133. The minimum absolute atomic E-state index is 0.00414. The number of hydrogen-bond acceptors (Lipinski definition) is 3. The maximum atomic E-state index is 13.8. The van der Waals surface area contributed by atoms with Crippen LogP contribution in [0.15, 0.2) is 60.0 Å². The molecule has 1 fully saturated rings. The molecule has 1 aliphatic carbocycles. The van der Waals surface area contributed by atoms with E-state index in [4.69, 9.17) is 23.2 Å². The van der Waals surface area contributed by atoms with Crippen molar-refractivity contribution in [1.82, 2.24) is 9.80 Å². The quantitative estimate of drug-likeness (QED) is 0.315. The second kappa shape index (κ2) is 12.6. The van der Waals surface area contributed by atoms with Crippen LogP contribution in [0.1, 0.15) is 48.1 Å². The number of nitrogens with zero attached hydrogens (tertiary/aromatic N) is 2. The van der Waals surface area contributed by atoms with Crippen LogP contribution in [-0.2, 0) is 17.9 Å². The molecule has 0 bridgehead atoms. The van der Waals surface area contributed by atoms with E-state index in [9.17, 15) is 9.59 Å². The minimum atomic E-state index is -0.350. The van der Waals surface area contributed by atoms with Crippen LogP contribution in [0.25, 0.3) is 0 Å². The molecule has 5 nitrogen and oxygen atoms in total. The van der Waals surface area contributed by atoms with Gasteiger partial charge in [-0.25, -0.2) is 4.79 Å². The minimum Gasteiger partial charge on any atom is -0.332 e. The predicted octanol–water partition coefficient (Wildman–Crippen LogP) is 7.76. The summed E-state index contributed by atoms with van der Waals surface area (Å²) in [6, 6.07) is 16.8. The Morgan fingerprint density at radius 3 is 2.28 bits per heavy atom. The predicted molar refractivity (Wildman–Crippen MR) is 149 cm³/mol. The molecule has 0 unspecified atom stereocenters. The van der Waals surface area contributed by atoms with E-state index in [-0.39, 0.29) is 24.5 Å². The second-order valence-corrected chi connectivity index (χ2v) is 11.0. The van der Waals surface area contributed by atoms with E-state index in [1.54, 1.807) is 34.4 Å². The van der Waals surface area contributed by atoms with Crippen molar-refractivity contribution in [2.45, 2.75) is 58.2 Å². The molecule has 0 saturated heterocycles. The highest BCUT2D eigenvalue weighted by Crippen LogP contribution is 2.31. The number of carbonyl (C=O) groups excluding carboxylic acids is 2. The van der Waals surface area contributed by atoms with E-state index in [0.29, 0.717) is 28.8 Å². The summed E-state index contributed by atoms with van der Waals surface area (Å²) in [4.78, 5) is 32.0. The fourth-order valence-corrected chi connectivity index (χ4v) is 5.99. The van der Waals surface area contributed by atoms with Crippen LogP contribution >= 0.6 is 34.5 Å². The summed E-state index contributed by atoms with van der Waals surface area (Å²) in [7, 11) is 0. The van der Waals surface area contributed by atoms with E-state index in [1.807, 2.05) is 40.6 Å². The Kier molecular flexibility index (Phi) is 9.30. The fraction of sp³-hybridized carbons (Fsp3) is 0.357. The third kappa shape index (κ3) is 6.81. The van der Waals surface area contributed by atoms with Crippen LogP contribution in [0, 0.1) is 6.92 Å². The molecule has 1 N–H and O–H groups in total. The number of urea groups is 1. The number of thiophene rings is 1. The molecular formula is C28H31Cl2N3O2S. The number of aryl methyl sites for hydroxylation is 1. The van der Waals surface area contributed by atoms with E-state index in [2.05, 4.69) is 18.3 Å². The molecule has 36 heavy (non-hydrogen) atoms. The average molecular weight is 545 g/mol. The summed E-state index contributed by atoms with van der Waals surface area (Å²) in [6.45, 7) is 3.04. The summed E-state index contributed by atoms with van der Waals surface area (Å²) in [6.07, 6.45) is 4.97. The van der Waals surface area contributed by atoms with Crippen molar-refractivity contribution in [2.75, 3.05) is 11.9 Å². The highest BCUT2D eigenvalue weighted by molar-refractivity contribution is 7.10. The lowest BCUT2D eigenvalue weighted by Crippen LogP contribution is -2.49. The molecule has 3 amide bonds. The summed E-state index contributed by atoms with van der Waals surface area (Å²) in [5, 5.41) is 5.66. The van der Waals surface area contributed by atoms with Gasteiger partial charge in [0, 0.05) is 17.5 Å². The third-order valence-corrected chi connectivity index (χ3v) is 8.29. The summed E-state index contributed by atoms with van der Waals surface area (Å²) in [5.41, 5.74) is 2.59. The molecule has 0 atom stereocenters. The standard InChI is InChI=1S/C28H31Cl2N3O2S/c1-20-15-16-36-25(20)18-32(17-21-9-4-2-5-10-21)26(34)19-33(22-11-6-3-7-12-22)28(35)31-27-23(29)13-8-14-24(27)30/h2,4-5,8-10,13-16,22H,3,6-7,11-12,17-19H2,1H3,(H,31,35). The number of anilines is 1. The van der Waals surface area contributed by atoms with Gasteiger partial charge in [-0.2, -0.15) is 0 Å². The molecule has 190 valence electrons. The summed E-state index contributed by atoms with van der Waals surface area (Å²) < 4.78 is 0. The zero-order valence-electron chi connectivity index (χ0n) is 20.4. The van der Waals surface area contributed by atoms with Gasteiger partial charge in [0.05, 0.1) is 22.3 Å². The zero-order valence-corrected chi connectivity index (χ0v) is 22.7. The number of carbonyl (C=O) groups is 2. The highest BCUT2D eigenvalue weighted by Gasteiger charge is 2.30. The van der Waals surface area contributed by atoms with Gasteiger partial charge >= 0.3 is 6.03 Å². The third-order valence-electron chi connectivity index (χ3n) is 6.65. The topological polar surface area (TPSA) is 52.7 Å². The Labute approximate surface area is 227 Å². The number of amides is 3. The van der Waals surface area contributed by atoms with E-state index in [0.717, 1.165) is 42.5 Å². The van der Waals surface area contributed by atoms with Gasteiger partial charge in [-0.15, -0.1) is 11.3 Å². The second-order valence-electron chi connectivity index (χ2n) is 9.21. The van der Waals surface area contributed by atoms with Crippen molar-refractivity contribution < 1.29 is 9.59 Å². The van der Waals surface area contributed by atoms with Crippen molar-refractivity contribution in [1.29, 1.82) is 0 Å². The van der Waals surface area contributed by atoms with E-state index < -0.39 is 0 Å². The molecular weight excluding hydrogens is 513 g/mol. The Hall–Kier alpha value is -2.54. The van der Waals surface area contributed by atoms with Crippen LogP contribution in [-0.4, -0.2) is 34.3 Å². The highest BCUT2D eigenvalue weighted by atomic mass is 35.5. The molecule has 0 radical (unpaired) electrons. The van der Waals surface area contributed by atoms with Crippen LogP contribution in [0.2, 0.25) is 10.0 Å². The number of rotatable bonds is 8. The van der Waals surface area contributed by atoms with Crippen molar-refractivity contribution in [3.8, 4) is 0 Å². The normalized spacial score (nSPS) is 13.9. The monoisotopic (exact) mass is 543 g/mol. The molecule has 0 aliphatic heterocycles. The molecule has 8 heteroatoms. The summed E-state index contributed by atoms with van der Waals surface area (Å²) >= 11 is 14.3. The van der Waals surface area contributed by atoms with Gasteiger partial charge in [0.25, 0.3) is 0 Å². The number of nitrogens with one attached hydrogen (secondary N) is 1. The van der Waals surface area contributed by atoms with Crippen molar-refractivity contribution in [3.63, 3.8) is 0 Å². The largest absolute Gasteiger partial charge is 0.332 e. The van der Waals surface area contributed by atoms with Gasteiger partial charge in [-0.05, 0) is 54.5 Å². The molecule has 1 heterocycles. The maximum Gasteiger partial charge on any atom is 0.322 e. The van der Waals surface area contributed by atoms with Crippen molar-refractivity contribution in [3.05, 3.63) is 86.0 Å². The maximum absolute atomic E-state index is 13.8. The molecule has 1 saturated carbocycles. The van der Waals surface area contributed by atoms with Gasteiger partial charge in [0.15, 0.2) is 0 Å². The number of benzene rings is 2. The Morgan fingerprint density at radius 2 is 1.64 bits per heavy atom. The molecule has 2 aromatic carbocycles. The molecule has 4 rings (SSSR count). The van der Waals surface area contributed by atoms with Gasteiger partial charge in [-0.3, -0.25) is 4.79 Å². The van der Waals surface area contributed by atoms with E-state index >= 15 is 0 Å². The smallest absolute Gasteiger partial charge is 0.322 e. The van der Waals surface area contributed by atoms with Crippen molar-refractivity contribution in [2.24, 2.45) is 0 Å². The molecule has 3 aromatic rings. The first kappa shape index (κ1) is 26.5. The number of para-hydroxylation sites is 1. The lowest BCUT2D eigenvalue weighted by Gasteiger charge is -2.35. The van der Waals surface area contributed by atoms with Crippen LogP contribution < -0.4 is 5.32 Å². The lowest BCUT2D eigenvalue weighted by atomic mass is 9.94.